The number of aromatic nitrogens is 1. The summed E-state index contributed by atoms with van der Waals surface area (Å²) in [7, 11) is 0. The number of aliphatic hydroxyl groups excluding tert-OH is 2. The molecule has 3 N–H and O–H groups in total. The van der Waals surface area contributed by atoms with Crippen molar-refractivity contribution in [1.82, 2.24) is 9.88 Å². The first-order chi connectivity index (χ1) is 11.2. The van der Waals surface area contributed by atoms with E-state index in [0.717, 1.165) is 4.90 Å². The first-order valence-corrected chi connectivity index (χ1v) is 7.13. The highest BCUT2D eigenvalue weighted by molar-refractivity contribution is 5.98. The van der Waals surface area contributed by atoms with E-state index in [2.05, 4.69) is 4.98 Å². The summed E-state index contributed by atoms with van der Waals surface area (Å²) in [6.07, 6.45) is -7.11. The van der Waals surface area contributed by atoms with Crippen molar-refractivity contribution in [3.8, 4) is 0 Å². The normalized spacial score (nSPS) is 13.2. The minimum absolute atomic E-state index is 0.0950. The van der Waals surface area contributed by atoms with Crippen molar-refractivity contribution >= 4 is 16.8 Å². The van der Waals surface area contributed by atoms with Gasteiger partial charge in [0.05, 0.1) is 19.1 Å². The lowest BCUT2D eigenvalue weighted by molar-refractivity contribution is -0.137. The third kappa shape index (κ3) is 4.45. The number of hydrogen-bond donors (Lipinski definition) is 3. The second-order valence-corrected chi connectivity index (χ2v) is 5.34. The lowest BCUT2D eigenvalue weighted by atomic mass is 10.2. The number of amides is 1. The Balaban J connectivity index is 2.25. The highest BCUT2D eigenvalue weighted by Gasteiger charge is 2.30. The van der Waals surface area contributed by atoms with E-state index in [1.165, 1.54) is 24.3 Å². The molecule has 1 atom stereocenters. The third-order valence-corrected chi connectivity index (χ3v) is 3.44. The van der Waals surface area contributed by atoms with Crippen molar-refractivity contribution in [2.75, 3.05) is 19.7 Å². The summed E-state index contributed by atoms with van der Waals surface area (Å²) >= 11 is 0. The number of fused-ring (bicyclic) bond motifs is 1. The van der Waals surface area contributed by atoms with E-state index < -0.39 is 50.1 Å². The molecular formula is C15H16F4N2O3. The van der Waals surface area contributed by atoms with Crippen LogP contribution in [-0.4, -0.2) is 58.0 Å². The van der Waals surface area contributed by atoms with E-state index in [1.807, 2.05) is 0 Å². The summed E-state index contributed by atoms with van der Waals surface area (Å²) in [5, 5.41) is 18.4. The van der Waals surface area contributed by atoms with Gasteiger partial charge in [0.1, 0.15) is 11.5 Å². The van der Waals surface area contributed by atoms with Gasteiger partial charge in [-0.2, -0.15) is 13.2 Å². The average molecular weight is 348 g/mol. The second-order valence-electron chi connectivity index (χ2n) is 5.34. The van der Waals surface area contributed by atoms with E-state index in [-0.39, 0.29) is 11.1 Å². The molecule has 132 valence electrons. The number of carbonyl (C=O) groups is 1. The van der Waals surface area contributed by atoms with Crippen LogP contribution in [0, 0.1) is 5.82 Å². The van der Waals surface area contributed by atoms with Crippen LogP contribution >= 0.6 is 0 Å². The molecule has 9 heteroatoms. The van der Waals surface area contributed by atoms with E-state index >= 15 is 0 Å². The highest BCUT2D eigenvalue weighted by Crippen LogP contribution is 2.22. The van der Waals surface area contributed by atoms with Gasteiger partial charge in [-0.05, 0) is 18.2 Å². The number of rotatable bonds is 6. The van der Waals surface area contributed by atoms with E-state index in [4.69, 9.17) is 5.11 Å². The van der Waals surface area contributed by atoms with Crippen LogP contribution in [0.15, 0.2) is 24.3 Å². The van der Waals surface area contributed by atoms with Crippen LogP contribution in [-0.2, 0) is 0 Å². The van der Waals surface area contributed by atoms with Gasteiger partial charge >= 0.3 is 6.18 Å². The molecule has 0 unspecified atom stereocenters. The number of aromatic amines is 1. The van der Waals surface area contributed by atoms with Crippen LogP contribution < -0.4 is 0 Å². The number of aliphatic hydroxyl groups is 2. The summed E-state index contributed by atoms with van der Waals surface area (Å²) in [6.45, 7) is -1.85. The van der Waals surface area contributed by atoms with Gasteiger partial charge in [0, 0.05) is 24.0 Å². The van der Waals surface area contributed by atoms with Crippen LogP contribution in [0.3, 0.4) is 0 Å². The molecule has 0 radical (unpaired) electrons. The van der Waals surface area contributed by atoms with Gasteiger partial charge in [-0.3, -0.25) is 4.79 Å². The molecule has 1 aromatic heterocycles. The van der Waals surface area contributed by atoms with Crippen molar-refractivity contribution in [3.63, 3.8) is 0 Å². The van der Waals surface area contributed by atoms with Crippen molar-refractivity contribution in [1.29, 1.82) is 0 Å². The Labute approximate surface area is 134 Å². The molecule has 1 aromatic carbocycles. The SMILES string of the molecule is O=C(c1cc2c(F)cccc2[nH]1)N(CCC(F)(F)F)C[C@H](O)CO. The van der Waals surface area contributed by atoms with E-state index in [1.54, 1.807) is 0 Å². The number of halogens is 4. The number of nitrogens with zero attached hydrogens (tertiary/aromatic N) is 1. The topological polar surface area (TPSA) is 76.6 Å². The molecule has 0 saturated heterocycles. The Hall–Kier alpha value is -2.13. The molecule has 0 aliphatic rings. The molecule has 0 aliphatic carbocycles. The van der Waals surface area contributed by atoms with Gasteiger partial charge in [-0.25, -0.2) is 4.39 Å². The fourth-order valence-electron chi connectivity index (χ4n) is 2.25. The lowest BCUT2D eigenvalue weighted by Crippen LogP contribution is -2.40. The maximum Gasteiger partial charge on any atom is 0.390 e. The monoisotopic (exact) mass is 348 g/mol. The molecule has 5 nitrogen and oxygen atoms in total. The maximum atomic E-state index is 13.7. The van der Waals surface area contributed by atoms with Crippen LogP contribution in [0.2, 0.25) is 0 Å². The molecular weight excluding hydrogens is 332 g/mol. The molecule has 2 aromatic rings. The van der Waals surface area contributed by atoms with Crippen molar-refractivity contribution in [2.45, 2.75) is 18.7 Å². The van der Waals surface area contributed by atoms with Gasteiger partial charge in [-0.15, -0.1) is 0 Å². The van der Waals surface area contributed by atoms with Gasteiger partial charge < -0.3 is 20.1 Å². The lowest BCUT2D eigenvalue weighted by Gasteiger charge is -2.24. The summed E-state index contributed by atoms with van der Waals surface area (Å²) in [5.74, 6) is -1.39. The molecule has 0 bridgehead atoms. The fourth-order valence-corrected chi connectivity index (χ4v) is 2.25. The van der Waals surface area contributed by atoms with E-state index in [0.29, 0.717) is 5.52 Å². The Morgan fingerprint density at radius 2 is 2.04 bits per heavy atom. The first kappa shape index (κ1) is 18.2. The Bertz CT molecular complexity index is 714. The Morgan fingerprint density at radius 1 is 1.33 bits per heavy atom. The van der Waals surface area contributed by atoms with Crippen LogP contribution in [0.1, 0.15) is 16.9 Å². The molecule has 0 spiro atoms. The second kappa shape index (κ2) is 7.18. The highest BCUT2D eigenvalue weighted by atomic mass is 19.4. The number of nitrogens with one attached hydrogen (secondary N) is 1. The number of alkyl halides is 3. The fraction of sp³-hybridized carbons (Fsp3) is 0.400. The Morgan fingerprint density at radius 3 is 2.62 bits per heavy atom. The largest absolute Gasteiger partial charge is 0.394 e. The predicted molar refractivity (Wildman–Crippen MR) is 77.9 cm³/mol. The van der Waals surface area contributed by atoms with Crippen LogP contribution in [0.5, 0.6) is 0 Å². The minimum atomic E-state index is -4.48. The van der Waals surface area contributed by atoms with Gasteiger partial charge in [-0.1, -0.05) is 6.07 Å². The first-order valence-electron chi connectivity index (χ1n) is 7.13. The van der Waals surface area contributed by atoms with Crippen molar-refractivity contribution in [3.05, 3.63) is 35.8 Å². The zero-order chi connectivity index (χ0) is 17.9. The molecule has 1 amide bonds. The molecule has 2 rings (SSSR count). The van der Waals surface area contributed by atoms with Gasteiger partial charge in [0.15, 0.2) is 0 Å². The minimum Gasteiger partial charge on any atom is -0.394 e. The van der Waals surface area contributed by atoms with E-state index in [9.17, 15) is 27.5 Å². The van der Waals surface area contributed by atoms with Crippen molar-refractivity contribution < 1.29 is 32.6 Å². The van der Waals surface area contributed by atoms with Gasteiger partial charge in [0.25, 0.3) is 5.91 Å². The van der Waals surface area contributed by atoms with Crippen LogP contribution in [0.4, 0.5) is 17.6 Å². The smallest absolute Gasteiger partial charge is 0.390 e. The predicted octanol–water partition coefficient (Wildman–Crippen LogP) is 2.05. The van der Waals surface area contributed by atoms with Crippen molar-refractivity contribution in [2.24, 2.45) is 0 Å². The summed E-state index contributed by atoms with van der Waals surface area (Å²) < 4.78 is 50.9. The molecule has 0 saturated carbocycles. The summed E-state index contributed by atoms with van der Waals surface area (Å²) in [6, 6.07) is 5.36. The van der Waals surface area contributed by atoms with Crippen LogP contribution in [0.25, 0.3) is 10.9 Å². The zero-order valence-corrected chi connectivity index (χ0v) is 12.5. The Kier molecular flexibility index (Phi) is 5.45. The number of benzene rings is 1. The average Bonchev–Trinajstić information content (AvgIpc) is 2.95. The number of carbonyl (C=O) groups excluding carboxylic acids is 1. The number of H-pyrrole nitrogens is 1. The summed E-state index contributed by atoms with van der Waals surface area (Å²) in [5.41, 5.74) is 0.235. The zero-order valence-electron chi connectivity index (χ0n) is 12.5. The quantitative estimate of drug-likeness (QED) is 0.700. The van der Waals surface area contributed by atoms with Gasteiger partial charge in [0.2, 0.25) is 0 Å². The number of hydrogen-bond acceptors (Lipinski definition) is 3. The third-order valence-electron chi connectivity index (χ3n) is 3.44. The standard InChI is InChI=1S/C15H16F4N2O3/c16-11-2-1-3-12-10(11)6-13(20-12)14(24)21(7-9(23)8-22)5-4-15(17,18)19/h1-3,6,9,20,22-23H,4-5,7-8H2/t9-/m0/s1. The summed E-state index contributed by atoms with van der Waals surface area (Å²) in [4.78, 5) is 15.8. The maximum absolute atomic E-state index is 13.7. The molecule has 24 heavy (non-hydrogen) atoms. The molecule has 1 heterocycles. The molecule has 0 aliphatic heterocycles. The molecule has 0 fully saturated rings.